The van der Waals surface area contributed by atoms with Crippen LogP contribution < -0.4 is 5.32 Å². The lowest BCUT2D eigenvalue weighted by Crippen LogP contribution is -2.57. The molecule has 0 unspecified atom stereocenters. The van der Waals surface area contributed by atoms with Gasteiger partial charge in [0.2, 0.25) is 5.91 Å². The summed E-state index contributed by atoms with van der Waals surface area (Å²) in [5.74, 6) is -0.0570. The van der Waals surface area contributed by atoms with Crippen molar-refractivity contribution in [3.63, 3.8) is 0 Å². The van der Waals surface area contributed by atoms with Crippen LogP contribution in [0.25, 0.3) is 10.9 Å². The Bertz CT molecular complexity index is 779. The lowest BCUT2D eigenvalue weighted by Gasteiger charge is -2.52. The van der Waals surface area contributed by atoms with E-state index in [1.807, 2.05) is 18.2 Å². The molecular formula is C21H29N3O. The Balaban J connectivity index is 1.87. The molecule has 2 aromatic rings. The molecule has 0 saturated carbocycles. The van der Waals surface area contributed by atoms with Crippen molar-refractivity contribution in [3.05, 3.63) is 36.0 Å². The van der Waals surface area contributed by atoms with E-state index in [0.717, 1.165) is 28.8 Å². The number of anilines is 1. The maximum atomic E-state index is 11.2. The Morgan fingerprint density at radius 2 is 1.80 bits per heavy atom. The second-order valence-corrected chi connectivity index (χ2v) is 8.46. The lowest BCUT2D eigenvalue weighted by molar-refractivity contribution is -0.114. The summed E-state index contributed by atoms with van der Waals surface area (Å²) in [6.45, 7) is 11.8. The number of carbonyl (C=O) groups excluding carboxylic acids is 1. The van der Waals surface area contributed by atoms with Crippen LogP contribution in [0.3, 0.4) is 0 Å². The molecule has 1 aliphatic heterocycles. The molecule has 1 fully saturated rings. The first-order valence-corrected chi connectivity index (χ1v) is 9.12. The highest BCUT2D eigenvalue weighted by atomic mass is 16.1. The van der Waals surface area contributed by atoms with Crippen LogP contribution in [0.4, 0.5) is 5.69 Å². The number of piperidine rings is 1. The molecule has 134 valence electrons. The number of pyridine rings is 1. The van der Waals surface area contributed by atoms with Crippen molar-refractivity contribution >= 4 is 22.5 Å². The zero-order chi connectivity index (χ0) is 18.2. The Morgan fingerprint density at radius 1 is 1.12 bits per heavy atom. The fraction of sp³-hybridized carbons (Fsp3) is 0.524. The van der Waals surface area contributed by atoms with E-state index in [0.29, 0.717) is 0 Å². The van der Waals surface area contributed by atoms with E-state index >= 15 is 0 Å². The Morgan fingerprint density at radius 3 is 2.44 bits per heavy atom. The van der Waals surface area contributed by atoms with Crippen LogP contribution in [0, 0.1) is 0 Å². The summed E-state index contributed by atoms with van der Waals surface area (Å²) < 4.78 is 0. The maximum Gasteiger partial charge on any atom is 0.221 e. The molecule has 0 radical (unpaired) electrons. The summed E-state index contributed by atoms with van der Waals surface area (Å²) in [7, 11) is 0. The fourth-order valence-corrected chi connectivity index (χ4v) is 4.17. The molecule has 0 aliphatic carbocycles. The van der Waals surface area contributed by atoms with Gasteiger partial charge in [-0.25, -0.2) is 0 Å². The van der Waals surface area contributed by atoms with E-state index in [2.05, 4.69) is 50.0 Å². The molecular weight excluding hydrogens is 310 g/mol. The molecule has 1 saturated heterocycles. The smallest absolute Gasteiger partial charge is 0.221 e. The molecule has 1 N–H and O–H groups in total. The molecule has 0 spiro atoms. The number of fused-ring (bicyclic) bond motifs is 1. The molecule has 3 rings (SSSR count). The quantitative estimate of drug-likeness (QED) is 0.879. The highest BCUT2D eigenvalue weighted by Crippen LogP contribution is 2.39. The number of aromatic nitrogens is 1. The first-order valence-electron chi connectivity index (χ1n) is 9.12. The SMILES string of the molecule is CC(=O)Nc1ccc2nc(CN3C(C)(C)CCCC3(C)C)ccc2c1. The Hall–Kier alpha value is -1.94. The number of hydrogen-bond acceptors (Lipinski definition) is 3. The van der Waals surface area contributed by atoms with E-state index in [4.69, 9.17) is 4.98 Å². The average molecular weight is 339 g/mol. The van der Waals surface area contributed by atoms with E-state index in [-0.39, 0.29) is 17.0 Å². The van der Waals surface area contributed by atoms with Crippen LogP contribution in [0.15, 0.2) is 30.3 Å². The predicted octanol–water partition coefficient (Wildman–Crippen LogP) is 4.74. The van der Waals surface area contributed by atoms with Gasteiger partial charge >= 0.3 is 0 Å². The van der Waals surface area contributed by atoms with Gasteiger partial charge in [0.15, 0.2) is 0 Å². The van der Waals surface area contributed by atoms with Gasteiger partial charge in [-0.05, 0) is 71.2 Å². The van der Waals surface area contributed by atoms with Gasteiger partial charge in [-0.1, -0.05) is 6.07 Å². The van der Waals surface area contributed by atoms with Crippen LogP contribution in [-0.2, 0) is 11.3 Å². The second kappa shape index (κ2) is 6.41. The molecule has 0 bridgehead atoms. The molecule has 0 atom stereocenters. The average Bonchev–Trinajstić information content (AvgIpc) is 2.50. The summed E-state index contributed by atoms with van der Waals surface area (Å²) in [6, 6.07) is 10.1. The van der Waals surface area contributed by atoms with E-state index in [9.17, 15) is 4.79 Å². The van der Waals surface area contributed by atoms with Gasteiger partial charge in [-0.2, -0.15) is 0 Å². The van der Waals surface area contributed by atoms with Gasteiger partial charge in [0.25, 0.3) is 0 Å². The van der Waals surface area contributed by atoms with Crippen LogP contribution >= 0.6 is 0 Å². The summed E-state index contributed by atoms with van der Waals surface area (Å²) in [5, 5.41) is 3.87. The standard InChI is InChI=1S/C21H29N3O/c1-15(25)22-17-9-10-19-16(13-17)7-8-18(23-19)14-24-20(2,3)11-6-12-21(24,4)5/h7-10,13H,6,11-12,14H2,1-5H3,(H,22,25). The normalized spacial score (nSPS) is 19.7. The van der Waals surface area contributed by atoms with Crippen LogP contribution in [-0.4, -0.2) is 26.9 Å². The maximum absolute atomic E-state index is 11.2. The van der Waals surface area contributed by atoms with Crippen LogP contribution in [0.5, 0.6) is 0 Å². The largest absolute Gasteiger partial charge is 0.326 e. The highest BCUT2D eigenvalue weighted by Gasteiger charge is 2.41. The topological polar surface area (TPSA) is 45.2 Å². The van der Waals surface area contributed by atoms with Gasteiger partial charge in [0, 0.05) is 35.6 Å². The number of likely N-dealkylation sites (tertiary alicyclic amines) is 1. The van der Waals surface area contributed by atoms with Gasteiger partial charge < -0.3 is 5.32 Å². The van der Waals surface area contributed by atoms with Gasteiger partial charge in [-0.3, -0.25) is 14.7 Å². The third kappa shape index (κ3) is 3.84. The van der Waals surface area contributed by atoms with E-state index < -0.39 is 0 Å². The number of nitrogens with zero attached hydrogens (tertiary/aromatic N) is 2. The van der Waals surface area contributed by atoms with Crippen molar-refractivity contribution < 1.29 is 4.79 Å². The molecule has 4 nitrogen and oxygen atoms in total. The first kappa shape index (κ1) is 17.9. The Kier molecular flexibility index (Phi) is 4.58. The summed E-state index contributed by atoms with van der Waals surface area (Å²) >= 11 is 0. The van der Waals surface area contributed by atoms with Crippen molar-refractivity contribution in [2.45, 2.75) is 71.5 Å². The van der Waals surface area contributed by atoms with Crippen LogP contribution in [0.2, 0.25) is 0 Å². The monoisotopic (exact) mass is 339 g/mol. The number of amides is 1. The van der Waals surface area contributed by atoms with E-state index in [1.54, 1.807) is 0 Å². The highest BCUT2D eigenvalue weighted by molar-refractivity contribution is 5.92. The minimum atomic E-state index is -0.0570. The zero-order valence-corrected chi connectivity index (χ0v) is 16.0. The molecule has 4 heteroatoms. The second-order valence-electron chi connectivity index (χ2n) is 8.46. The number of nitrogens with one attached hydrogen (secondary N) is 1. The minimum Gasteiger partial charge on any atom is -0.326 e. The summed E-state index contributed by atoms with van der Waals surface area (Å²) in [5.41, 5.74) is 3.26. The summed E-state index contributed by atoms with van der Waals surface area (Å²) in [4.78, 5) is 18.7. The molecule has 1 aliphatic rings. The molecule has 1 amide bonds. The number of carbonyl (C=O) groups is 1. The lowest BCUT2D eigenvalue weighted by atomic mass is 9.79. The number of rotatable bonds is 3. The predicted molar refractivity (Wildman–Crippen MR) is 104 cm³/mol. The number of benzene rings is 1. The van der Waals surface area contributed by atoms with E-state index in [1.165, 1.54) is 26.2 Å². The molecule has 1 aromatic carbocycles. The molecule has 1 aromatic heterocycles. The van der Waals surface area contributed by atoms with Gasteiger partial charge in [0.05, 0.1) is 11.2 Å². The van der Waals surface area contributed by atoms with Gasteiger partial charge in [-0.15, -0.1) is 0 Å². The number of hydrogen-bond donors (Lipinski definition) is 1. The molecule has 25 heavy (non-hydrogen) atoms. The van der Waals surface area contributed by atoms with Gasteiger partial charge in [0.1, 0.15) is 0 Å². The summed E-state index contributed by atoms with van der Waals surface area (Å²) in [6.07, 6.45) is 3.74. The fourth-order valence-electron chi connectivity index (χ4n) is 4.17. The third-order valence-corrected chi connectivity index (χ3v) is 5.43. The zero-order valence-electron chi connectivity index (χ0n) is 16.0. The van der Waals surface area contributed by atoms with Crippen molar-refractivity contribution in [1.82, 2.24) is 9.88 Å². The third-order valence-electron chi connectivity index (χ3n) is 5.43. The minimum absolute atomic E-state index is 0.0570. The van der Waals surface area contributed by atoms with Crippen molar-refractivity contribution in [2.24, 2.45) is 0 Å². The van der Waals surface area contributed by atoms with Crippen LogP contribution in [0.1, 0.15) is 59.6 Å². The first-order chi connectivity index (χ1) is 11.7. The Labute approximate surface area is 150 Å². The van der Waals surface area contributed by atoms with Crippen molar-refractivity contribution in [2.75, 3.05) is 5.32 Å². The van der Waals surface area contributed by atoms with Crippen molar-refractivity contribution in [3.8, 4) is 0 Å². The molecule has 2 heterocycles. The van der Waals surface area contributed by atoms with Crippen molar-refractivity contribution in [1.29, 1.82) is 0 Å².